The van der Waals surface area contributed by atoms with Gasteiger partial charge in [0.2, 0.25) is 6.29 Å². The highest BCUT2D eigenvalue weighted by atomic mass is 16.5. The molecule has 2 heterocycles. The van der Waals surface area contributed by atoms with Crippen LogP contribution in [0.3, 0.4) is 0 Å². The van der Waals surface area contributed by atoms with Crippen LogP contribution in [0.5, 0.6) is 0 Å². The van der Waals surface area contributed by atoms with Crippen molar-refractivity contribution in [2.24, 2.45) is 0 Å². The van der Waals surface area contributed by atoms with Crippen LogP contribution < -0.4 is 0 Å². The van der Waals surface area contributed by atoms with E-state index < -0.39 is 5.60 Å². The number of hydrogen-bond acceptors (Lipinski definition) is 2. The highest BCUT2D eigenvalue weighted by Crippen LogP contribution is 2.41. The predicted molar refractivity (Wildman–Crippen MR) is 31.8 cm³/mol. The van der Waals surface area contributed by atoms with Crippen molar-refractivity contribution in [3.05, 3.63) is 0 Å². The Bertz CT molecular complexity index is 134. The lowest BCUT2D eigenvalue weighted by molar-refractivity contribution is 0.0627. The first kappa shape index (κ1) is 5.42. The molecule has 2 nitrogen and oxygen atoms in total. The van der Waals surface area contributed by atoms with Gasteiger partial charge >= 0.3 is 0 Å². The Morgan fingerprint density at radius 1 is 1.44 bits per heavy atom. The van der Waals surface area contributed by atoms with Crippen LogP contribution in [0, 0.1) is 0 Å². The standard InChI is InChI=1S/C7H9O2/c8-5-7-3-1-6(9-7)2-4-7/h6H,1-4H2. The van der Waals surface area contributed by atoms with Gasteiger partial charge in [-0.2, -0.15) is 0 Å². The third kappa shape index (κ3) is 0.628. The molecule has 0 aromatic carbocycles. The monoisotopic (exact) mass is 125 g/mol. The molecule has 2 bridgehead atoms. The van der Waals surface area contributed by atoms with Crippen molar-refractivity contribution in [1.82, 2.24) is 0 Å². The fourth-order valence-electron chi connectivity index (χ4n) is 1.74. The summed E-state index contributed by atoms with van der Waals surface area (Å²) in [5.74, 6) is 0. The molecule has 0 spiro atoms. The Balaban J connectivity index is 2.21. The van der Waals surface area contributed by atoms with Crippen LogP contribution in [0.2, 0.25) is 0 Å². The van der Waals surface area contributed by atoms with Crippen molar-refractivity contribution >= 4 is 6.29 Å². The zero-order valence-electron chi connectivity index (χ0n) is 5.22. The molecule has 1 radical (unpaired) electrons. The summed E-state index contributed by atoms with van der Waals surface area (Å²) in [6.45, 7) is 0. The second kappa shape index (κ2) is 1.57. The maximum absolute atomic E-state index is 10.3. The molecule has 2 heteroatoms. The maximum atomic E-state index is 10.3. The molecule has 9 heavy (non-hydrogen) atoms. The molecule has 2 saturated heterocycles. The van der Waals surface area contributed by atoms with Gasteiger partial charge in [0.25, 0.3) is 0 Å². The normalized spacial score (nSPS) is 47.8. The summed E-state index contributed by atoms with van der Waals surface area (Å²) in [5.41, 5.74) is -0.454. The average Bonchev–Trinajstić information content (AvgIpc) is 2.46. The molecule has 2 fully saturated rings. The van der Waals surface area contributed by atoms with Crippen LogP contribution in [0.1, 0.15) is 25.7 Å². The molecule has 0 atom stereocenters. The van der Waals surface area contributed by atoms with Gasteiger partial charge in [0, 0.05) is 0 Å². The number of hydrogen-bond donors (Lipinski definition) is 0. The van der Waals surface area contributed by atoms with Crippen LogP contribution >= 0.6 is 0 Å². The molecule has 0 unspecified atom stereocenters. The van der Waals surface area contributed by atoms with Crippen LogP contribution in [0.4, 0.5) is 0 Å². The molecule has 0 amide bonds. The van der Waals surface area contributed by atoms with Crippen molar-refractivity contribution in [3.63, 3.8) is 0 Å². The third-order valence-corrected chi connectivity index (χ3v) is 2.32. The van der Waals surface area contributed by atoms with E-state index in [1.165, 1.54) is 0 Å². The molecular formula is C7H9O2. The first-order chi connectivity index (χ1) is 4.35. The smallest absolute Gasteiger partial charge is 0.233 e. The van der Waals surface area contributed by atoms with E-state index in [2.05, 4.69) is 0 Å². The van der Waals surface area contributed by atoms with Crippen LogP contribution in [0.25, 0.3) is 0 Å². The lowest BCUT2D eigenvalue weighted by Crippen LogP contribution is -2.25. The van der Waals surface area contributed by atoms with Gasteiger partial charge < -0.3 is 4.74 Å². The SMILES string of the molecule is O=[C]C12CCC(CC1)O2. The van der Waals surface area contributed by atoms with E-state index >= 15 is 0 Å². The topological polar surface area (TPSA) is 26.3 Å². The summed E-state index contributed by atoms with van der Waals surface area (Å²) >= 11 is 0. The molecule has 2 aliphatic rings. The predicted octanol–water partition coefficient (Wildman–Crippen LogP) is 0.808. The van der Waals surface area contributed by atoms with E-state index in [1.807, 2.05) is 6.29 Å². The summed E-state index contributed by atoms with van der Waals surface area (Å²) in [5, 5.41) is 0. The van der Waals surface area contributed by atoms with Crippen molar-refractivity contribution < 1.29 is 9.53 Å². The van der Waals surface area contributed by atoms with Gasteiger partial charge in [-0.05, 0) is 25.7 Å². The molecule has 2 rings (SSSR count). The molecule has 49 valence electrons. The fraction of sp³-hybridized carbons (Fsp3) is 0.857. The lowest BCUT2D eigenvalue weighted by Gasteiger charge is -2.13. The van der Waals surface area contributed by atoms with Gasteiger partial charge in [0.1, 0.15) is 5.60 Å². The van der Waals surface area contributed by atoms with Gasteiger partial charge in [0.15, 0.2) is 0 Å². The van der Waals surface area contributed by atoms with E-state index in [-0.39, 0.29) is 0 Å². The summed E-state index contributed by atoms with van der Waals surface area (Å²) in [6, 6.07) is 0. The van der Waals surface area contributed by atoms with Crippen LogP contribution in [-0.4, -0.2) is 18.0 Å². The molecule has 0 aromatic rings. The first-order valence-corrected chi connectivity index (χ1v) is 3.42. The van der Waals surface area contributed by atoms with Crippen molar-refractivity contribution in [3.8, 4) is 0 Å². The molecule has 0 N–H and O–H groups in total. The van der Waals surface area contributed by atoms with E-state index in [1.54, 1.807) is 0 Å². The Hall–Kier alpha value is -0.370. The summed E-state index contributed by atoms with van der Waals surface area (Å²) < 4.78 is 5.39. The fourth-order valence-corrected chi connectivity index (χ4v) is 1.74. The Labute approximate surface area is 54.2 Å². The van der Waals surface area contributed by atoms with Crippen LogP contribution in [0.15, 0.2) is 0 Å². The zero-order chi connectivity index (χ0) is 6.32. The zero-order valence-corrected chi connectivity index (χ0v) is 5.22. The third-order valence-electron chi connectivity index (χ3n) is 2.32. The first-order valence-electron chi connectivity index (χ1n) is 3.42. The minimum absolute atomic E-state index is 0.381. The van der Waals surface area contributed by atoms with Gasteiger partial charge in [-0.15, -0.1) is 0 Å². The quantitative estimate of drug-likeness (QED) is 0.518. The minimum atomic E-state index is -0.454. The molecule has 0 aromatic heterocycles. The van der Waals surface area contributed by atoms with E-state index in [4.69, 9.17) is 4.74 Å². The van der Waals surface area contributed by atoms with Gasteiger partial charge in [-0.25, -0.2) is 0 Å². The Morgan fingerprint density at radius 3 is 2.33 bits per heavy atom. The highest BCUT2D eigenvalue weighted by Gasteiger charge is 2.46. The molecule has 0 saturated carbocycles. The van der Waals surface area contributed by atoms with Gasteiger partial charge in [-0.1, -0.05) is 0 Å². The molecular weight excluding hydrogens is 116 g/mol. The van der Waals surface area contributed by atoms with Gasteiger partial charge in [-0.3, -0.25) is 4.79 Å². The average molecular weight is 125 g/mol. The second-order valence-corrected chi connectivity index (χ2v) is 2.91. The minimum Gasteiger partial charge on any atom is -0.363 e. The number of fused-ring (bicyclic) bond motifs is 2. The molecule has 2 aliphatic heterocycles. The lowest BCUT2D eigenvalue weighted by atomic mass is 9.90. The van der Waals surface area contributed by atoms with Crippen molar-refractivity contribution in [2.75, 3.05) is 0 Å². The maximum Gasteiger partial charge on any atom is 0.233 e. The highest BCUT2D eigenvalue weighted by molar-refractivity contribution is 5.64. The summed E-state index contributed by atoms with van der Waals surface area (Å²) in [6.07, 6.45) is 6.31. The molecule has 0 aliphatic carbocycles. The van der Waals surface area contributed by atoms with Gasteiger partial charge in [0.05, 0.1) is 6.10 Å². The second-order valence-electron chi connectivity index (χ2n) is 2.91. The van der Waals surface area contributed by atoms with E-state index in [9.17, 15) is 4.79 Å². The number of ether oxygens (including phenoxy) is 1. The van der Waals surface area contributed by atoms with Crippen LogP contribution in [-0.2, 0) is 9.53 Å². The summed E-state index contributed by atoms with van der Waals surface area (Å²) in [4.78, 5) is 10.3. The number of rotatable bonds is 1. The van der Waals surface area contributed by atoms with Crippen molar-refractivity contribution in [2.45, 2.75) is 37.4 Å². The largest absolute Gasteiger partial charge is 0.363 e. The van der Waals surface area contributed by atoms with E-state index in [0.29, 0.717) is 6.10 Å². The van der Waals surface area contributed by atoms with E-state index in [0.717, 1.165) is 25.7 Å². The summed E-state index contributed by atoms with van der Waals surface area (Å²) in [7, 11) is 0. The number of carbonyl (C=O) groups excluding carboxylic acids is 1. The Morgan fingerprint density at radius 2 is 2.11 bits per heavy atom. The van der Waals surface area contributed by atoms with Crippen molar-refractivity contribution in [1.29, 1.82) is 0 Å². The Kier molecular flexibility index (Phi) is 0.943.